The van der Waals surface area contributed by atoms with Crippen molar-refractivity contribution in [1.82, 2.24) is 0 Å². The van der Waals surface area contributed by atoms with Gasteiger partial charge in [0.2, 0.25) is 0 Å². The molecule has 0 unspecified atom stereocenters. The number of rotatable bonds is 36. The van der Waals surface area contributed by atoms with E-state index in [-0.39, 0.29) is 25.2 Å². The van der Waals surface area contributed by atoms with Gasteiger partial charge in [0.1, 0.15) is 6.61 Å². The molecule has 1 atom stereocenters. The summed E-state index contributed by atoms with van der Waals surface area (Å²) in [6, 6.07) is 0. The number of allylic oxidation sites excluding steroid dienone is 2. The summed E-state index contributed by atoms with van der Waals surface area (Å²) in [4.78, 5) is 24.2. The van der Waals surface area contributed by atoms with Crippen LogP contribution >= 0.6 is 0 Å². The quantitative estimate of drug-likeness (QED) is 0.0421. The highest BCUT2D eigenvalue weighted by Gasteiger charge is 2.16. The first kappa shape index (κ1) is 43.6. The molecular formula is C40H76O5. The van der Waals surface area contributed by atoms with Crippen molar-refractivity contribution in [2.45, 2.75) is 219 Å². The number of ether oxygens (including phenoxy) is 2. The fourth-order valence-electron chi connectivity index (χ4n) is 5.78. The molecule has 0 aromatic rings. The third kappa shape index (κ3) is 35.3. The second kappa shape index (κ2) is 37.1. The maximum Gasteiger partial charge on any atom is 0.306 e. The van der Waals surface area contributed by atoms with E-state index in [9.17, 15) is 14.7 Å². The number of carbonyl (C=O) groups is 2. The van der Waals surface area contributed by atoms with Crippen LogP contribution in [0.1, 0.15) is 213 Å². The normalized spacial score (nSPS) is 12.2. The molecule has 45 heavy (non-hydrogen) atoms. The molecule has 0 saturated carbocycles. The predicted molar refractivity (Wildman–Crippen MR) is 192 cm³/mol. The third-order valence-electron chi connectivity index (χ3n) is 8.81. The highest BCUT2D eigenvalue weighted by molar-refractivity contribution is 5.70. The fourth-order valence-corrected chi connectivity index (χ4v) is 5.78. The van der Waals surface area contributed by atoms with Crippen molar-refractivity contribution in [2.24, 2.45) is 0 Å². The molecule has 0 aliphatic carbocycles. The summed E-state index contributed by atoms with van der Waals surface area (Å²) in [7, 11) is 0. The van der Waals surface area contributed by atoms with Gasteiger partial charge >= 0.3 is 11.9 Å². The number of aliphatic hydroxyl groups excluding tert-OH is 1. The first-order valence-electron chi connectivity index (χ1n) is 19.7. The second-order valence-corrected chi connectivity index (χ2v) is 13.4. The van der Waals surface area contributed by atoms with Gasteiger partial charge in [-0.1, -0.05) is 174 Å². The molecule has 0 aromatic carbocycles. The van der Waals surface area contributed by atoms with E-state index in [0.717, 1.165) is 44.9 Å². The highest BCUT2D eigenvalue weighted by Crippen LogP contribution is 2.15. The molecule has 1 N–H and O–H groups in total. The molecule has 0 radical (unpaired) electrons. The van der Waals surface area contributed by atoms with E-state index in [1.54, 1.807) is 0 Å². The van der Waals surface area contributed by atoms with Crippen LogP contribution in [-0.4, -0.2) is 36.4 Å². The van der Waals surface area contributed by atoms with E-state index >= 15 is 0 Å². The lowest BCUT2D eigenvalue weighted by Crippen LogP contribution is -2.28. The fraction of sp³-hybridized carbons (Fsp3) is 0.900. The number of esters is 2. The van der Waals surface area contributed by atoms with Crippen LogP contribution in [0.25, 0.3) is 0 Å². The van der Waals surface area contributed by atoms with Gasteiger partial charge in [-0.2, -0.15) is 0 Å². The lowest BCUT2D eigenvalue weighted by atomic mass is 10.0. The maximum absolute atomic E-state index is 12.2. The Labute approximate surface area is 280 Å². The van der Waals surface area contributed by atoms with Crippen molar-refractivity contribution in [3.63, 3.8) is 0 Å². The first-order valence-corrected chi connectivity index (χ1v) is 19.7. The topological polar surface area (TPSA) is 72.8 Å². The lowest BCUT2D eigenvalue weighted by Gasteiger charge is -2.15. The number of unbranched alkanes of at least 4 members (excludes halogenated alkanes) is 26. The van der Waals surface area contributed by atoms with Crippen molar-refractivity contribution in [1.29, 1.82) is 0 Å². The standard InChI is InChI=1S/C40H76O5/c1-3-5-7-9-11-13-15-17-19-21-23-25-27-29-31-33-35-40(43)45-38(36-41)37-44-39(42)34-32-30-28-26-24-22-20-18-16-14-12-10-8-6-4-2/h18,20,38,41H,3-17,19,21-37H2,1-2H3/b20-18-/t38-/m0/s1. The SMILES string of the molecule is CCCCCCCC/C=C\CCCCCCCC(=O)OC[C@H](CO)OC(=O)CCCCCCCCCCCCCCCCCC. The van der Waals surface area contributed by atoms with Crippen LogP contribution < -0.4 is 0 Å². The third-order valence-corrected chi connectivity index (χ3v) is 8.81. The average molecular weight is 637 g/mol. The molecule has 0 bridgehead atoms. The Bertz CT molecular complexity index is 647. The average Bonchev–Trinajstić information content (AvgIpc) is 3.04. The van der Waals surface area contributed by atoms with Gasteiger partial charge < -0.3 is 14.6 Å². The Balaban J connectivity index is 3.53. The van der Waals surface area contributed by atoms with Crippen molar-refractivity contribution < 1.29 is 24.2 Å². The summed E-state index contributed by atoms with van der Waals surface area (Å²) in [6.45, 7) is 4.14. The number of aliphatic hydroxyl groups is 1. The molecule has 0 heterocycles. The molecule has 5 heteroatoms. The summed E-state index contributed by atoms with van der Waals surface area (Å²) in [5.74, 6) is -0.590. The van der Waals surface area contributed by atoms with Crippen molar-refractivity contribution in [2.75, 3.05) is 13.2 Å². The van der Waals surface area contributed by atoms with Crippen LogP contribution in [0.15, 0.2) is 12.2 Å². The minimum atomic E-state index is -0.767. The molecule has 0 spiro atoms. The van der Waals surface area contributed by atoms with Gasteiger partial charge in [-0.05, 0) is 38.5 Å². The summed E-state index contributed by atoms with van der Waals surface area (Å²) >= 11 is 0. The molecule has 5 nitrogen and oxygen atoms in total. The van der Waals surface area contributed by atoms with E-state index < -0.39 is 6.10 Å². The summed E-state index contributed by atoms with van der Waals surface area (Å²) in [5.41, 5.74) is 0. The van der Waals surface area contributed by atoms with Crippen LogP contribution in [0.4, 0.5) is 0 Å². The molecule has 0 aliphatic heterocycles. The summed E-state index contributed by atoms with van der Waals surface area (Å²) < 4.78 is 10.6. The minimum absolute atomic E-state index is 0.0644. The van der Waals surface area contributed by atoms with Gasteiger partial charge in [-0.3, -0.25) is 9.59 Å². The van der Waals surface area contributed by atoms with Crippen molar-refractivity contribution in [3.05, 3.63) is 12.2 Å². The lowest BCUT2D eigenvalue weighted by molar-refractivity contribution is -0.161. The molecular weight excluding hydrogens is 560 g/mol. The van der Waals surface area contributed by atoms with Gasteiger partial charge in [0.05, 0.1) is 6.61 Å². The Morgan fingerprint density at radius 1 is 0.489 bits per heavy atom. The Morgan fingerprint density at radius 2 is 0.822 bits per heavy atom. The molecule has 0 aliphatic rings. The zero-order valence-electron chi connectivity index (χ0n) is 30.1. The van der Waals surface area contributed by atoms with Crippen LogP contribution in [-0.2, 0) is 19.1 Å². The summed E-state index contributed by atoms with van der Waals surface area (Å²) in [5, 5.41) is 9.54. The monoisotopic (exact) mass is 637 g/mol. The van der Waals surface area contributed by atoms with Gasteiger partial charge in [0, 0.05) is 12.8 Å². The van der Waals surface area contributed by atoms with Gasteiger partial charge in [0.25, 0.3) is 0 Å². The van der Waals surface area contributed by atoms with Gasteiger partial charge in [-0.25, -0.2) is 0 Å². The largest absolute Gasteiger partial charge is 0.462 e. The van der Waals surface area contributed by atoms with E-state index in [4.69, 9.17) is 9.47 Å². The molecule has 0 fully saturated rings. The minimum Gasteiger partial charge on any atom is -0.462 e. The highest BCUT2D eigenvalue weighted by atomic mass is 16.6. The van der Waals surface area contributed by atoms with E-state index in [1.165, 1.54) is 141 Å². The predicted octanol–water partition coefficient (Wildman–Crippen LogP) is 12.1. The Kier molecular flexibility index (Phi) is 36.0. The van der Waals surface area contributed by atoms with Crippen LogP contribution in [0.3, 0.4) is 0 Å². The number of hydrogen-bond donors (Lipinski definition) is 1. The molecule has 0 rings (SSSR count). The van der Waals surface area contributed by atoms with E-state index in [1.807, 2.05) is 0 Å². The molecule has 266 valence electrons. The number of carbonyl (C=O) groups excluding carboxylic acids is 2. The Morgan fingerprint density at radius 3 is 1.20 bits per heavy atom. The first-order chi connectivity index (χ1) is 22.1. The van der Waals surface area contributed by atoms with Crippen molar-refractivity contribution >= 4 is 11.9 Å². The zero-order chi connectivity index (χ0) is 32.9. The molecule has 0 aromatic heterocycles. The van der Waals surface area contributed by atoms with Crippen LogP contribution in [0.2, 0.25) is 0 Å². The zero-order valence-corrected chi connectivity index (χ0v) is 30.1. The van der Waals surface area contributed by atoms with Gasteiger partial charge in [0.15, 0.2) is 6.10 Å². The summed E-state index contributed by atoms with van der Waals surface area (Å²) in [6.07, 6.45) is 41.3. The molecule has 0 saturated heterocycles. The van der Waals surface area contributed by atoms with Crippen LogP contribution in [0, 0.1) is 0 Å². The Hall–Kier alpha value is -1.36. The van der Waals surface area contributed by atoms with E-state index in [2.05, 4.69) is 26.0 Å². The van der Waals surface area contributed by atoms with Gasteiger partial charge in [-0.15, -0.1) is 0 Å². The number of hydrogen-bond acceptors (Lipinski definition) is 5. The van der Waals surface area contributed by atoms with Crippen LogP contribution in [0.5, 0.6) is 0 Å². The maximum atomic E-state index is 12.2. The smallest absolute Gasteiger partial charge is 0.306 e. The van der Waals surface area contributed by atoms with E-state index in [0.29, 0.717) is 12.8 Å². The van der Waals surface area contributed by atoms with Crippen molar-refractivity contribution in [3.8, 4) is 0 Å². The second-order valence-electron chi connectivity index (χ2n) is 13.4. The molecule has 0 amide bonds.